The van der Waals surface area contributed by atoms with Crippen LogP contribution in [0.2, 0.25) is 0 Å². The molecule has 6 rings (SSSR count). The Labute approximate surface area is 239 Å². The Morgan fingerprint density at radius 2 is 1.02 bits per heavy atom. The molecule has 0 amide bonds. The molecule has 0 bridgehead atoms. The lowest BCUT2D eigenvalue weighted by Gasteiger charge is -2.27. The standard InChI is InChI=1S/C20H25N3O.C13H11N3O/c1-19(2,3)13-11-14(20(4,5)6)18(24)17(12-13)23-21-15-9-7-8-10-16(15)22-23;1-9-6-7-13(17)12(8-9)16-14-10-4-2-3-5-11(10)15-16/h7-12,24H,1-6H3;2-8,17H,1H3. The normalized spacial score (nSPS) is 12.0. The molecule has 8 heteroatoms. The Balaban J connectivity index is 0.000000174. The van der Waals surface area contributed by atoms with E-state index in [1.807, 2.05) is 73.7 Å². The summed E-state index contributed by atoms with van der Waals surface area (Å²) in [7, 11) is 0. The number of hydrogen-bond acceptors (Lipinski definition) is 6. The van der Waals surface area contributed by atoms with Gasteiger partial charge < -0.3 is 10.2 Å². The van der Waals surface area contributed by atoms with E-state index in [1.165, 1.54) is 4.80 Å². The van der Waals surface area contributed by atoms with Gasteiger partial charge in [-0.3, -0.25) is 0 Å². The second-order valence-corrected chi connectivity index (χ2v) is 12.3. The fourth-order valence-electron chi connectivity index (χ4n) is 4.50. The number of aromatic nitrogens is 6. The number of nitrogens with zero attached hydrogens (tertiary/aromatic N) is 6. The highest BCUT2D eigenvalue weighted by Gasteiger charge is 2.26. The number of benzene rings is 4. The van der Waals surface area contributed by atoms with Crippen LogP contribution in [0.15, 0.2) is 78.9 Å². The monoisotopic (exact) mass is 548 g/mol. The number of aryl methyl sites for hydroxylation is 1. The molecule has 0 aliphatic heterocycles. The van der Waals surface area contributed by atoms with Crippen LogP contribution in [-0.4, -0.2) is 40.2 Å². The molecule has 0 spiro atoms. The third-order valence-electron chi connectivity index (χ3n) is 6.90. The van der Waals surface area contributed by atoms with Crippen LogP contribution in [0.25, 0.3) is 33.4 Å². The zero-order valence-corrected chi connectivity index (χ0v) is 24.6. The van der Waals surface area contributed by atoms with Crippen LogP contribution in [0.5, 0.6) is 11.5 Å². The number of aromatic hydroxyl groups is 2. The lowest BCUT2D eigenvalue weighted by molar-refractivity contribution is 0.438. The van der Waals surface area contributed by atoms with Crippen molar-refractivity contribution in [1.82, 2.24) is 30.0 Å². The van der Waals surface area contributed by atoms with Gasteiger partial charge >= 0.3 is 0 Å². The average molecular weight is 549 g/mol. The largest absolute Gasteiger partial charge is 0.506 e. The quantitative estimate of drug-likeness (QED) is 0.238. The van der Waals surface area contributed by atoms with Crippen molar-refractivity contribution in [3.8, 4) is 22.9 Å². The number of rotatable bonds is 2. The molecule has 41 heavy (non-hydrogen) atoms. The van der Waals surface area contributed by atoms with E-state index in [0.717, 1.165) is 38.8 Å². The van der Waals surface area contributed by atoms with E-state index in [9.17, 15) is 10.2 Å². The zero-order valence-electron chi connectivity index (χ0n) is 24.6. The third-order valence-corrected chi connectivity index (χ3v) is 6.90. The van der Waals surface area contributed by atoms with Gasteiger partial charge in [-0.05, 0) is 71.3 Å². The predicted octanol–water partition coefficient (Wildman–Crippen LogP) is 7.16. The van der Waals surface area contributed by atoms with Crippen LogP contribution in [0.4, 0.5) is 0 Å². The van der Waals surface area contributed by atoms with Gasteiger partial charge in [0, 0.05) is 5.56 Å². The maximum atomic E-state index is 10.9. The highest BCUT2D eigenvalue weighted by molar-refractivity contribution is 5.74. The van der Waals surface area contributed by atoms with Gasteiger partial charge in [0.05, 0.1) is 0 Å². The molecule has 0 aliphatic rings. The Bertz CT molecular complexity index is 1790. The molecule has 8 nitrogen and oxygen atoms in total. The smallest absolute Gasteiger partial charge is 0.146 e. The van der Waals surface area contributed by atoms with E-state index in [2.05, 4.69) is 68.0 Å². The summed E-state index contributed by atoms with van der Waals surface area (Å²) in [5.74, 6) is 0.423. The molecular formula is C33H36N6O2. The summed E-state index contributed by atoms with van der Waals surface area (Å²) in [6.07, 6.45) is 0. The van der Waals surface area contributed by atoms with E-state index >= 15 is 0 Å². The molecular weight excluding hydrogens is 512 g/mol. The van der Waals surface area contributed by atoms with Crippen LogP contribution < -0.4 is 0 Å². The minimum absolute atomic E-state index is 0.0327. The van der Waals surface area contributed by atoms with Crippen molar-refractivity contribution < 1.29 is 10.2 Å². The Morgan fingerprint density at radius 3 is 1.46 bits per heavy atom. The van der Waals surface area contributed by atoms with Gasteiger partial charge in [-0.1, -0.05) is 77.9 Å². The summed E-state index contributed by atoms with van der Waals surface area (Å²) in [4.78, 5) is 3.01. The van der Waals surface area contributed by atoms with Crippen LogP contribution in [0.3, 0.4) is 0 Å². The summed E-state index contributed by atoms with van der Waals surface area (Å²) in [6, 6.07) is 24.8. The maximum Gasteiger partial charge on any atom is 0.146 e. The van der Waals surface area contributed by atoms with Gasteiger partial charge in [-0.15, -0.1) is 30.0 Å². The van der Waals surface area contributed by atoms with Crippen LogP contribution >= 0.6 is 0 Å². The molecule has 4 aromatic carbocycles. The van der Waals surface area contributed by atoms with Gasteiger partial charge in [0.15, 0.2) is 0 Å². The van der Waals surface area contributed by atoms with Gasteiger partial charge in [-0.25, -0.2) is 0 Å². The lowest BCUT2D eigenvalue weighted by atomic mass is 9.80. The van der Waals surface area contributed by atoms with E-state index < -0.39 is 0 Å². The summed E-state index contributed by atoms with van der Waals surface area (Å²) < 4.78 is 0. The minimum Gasteiger partial charge on any atom is -0.506 e. The average Bonchev–Trinajstić information content (AvgIpc) is 3.53. The van der Waals surface area contributed by atoms with Crippen molar-refractivity contribution in [2.45, 2.75) is 59.3 Å². The minimum atomic E-state index is -0.174. The molecule has 6 aromatic rings. The molecule has 210 valence electrons. The van der Waals surface area contributed by atoms with Crippen LogP contribution in [0, 0.1) is 6.92 Å². The first-order chi connectivity index (χ1) is 19.3. The van der Waals surface area contributed by atoms with Crippen molar-refractivity contribution >= 4 is 22.1 Å². The van der Waals surface area contributed by atoms with E-state index in [0.29, 0.717) is 11.4 Å². The van der Waals surface area contributed by atoms with E-state index in [-0.39, 0.29) is 22.3 Å². The topological polar surface area (TPSA) is 102 Å². The molecule has 2 heterocycles. The molecule has 0 radical (unpaired) electrons. The third kappa shape index (κ3) is 5.77. The highest BCUT2D eigenvalue weighted by atomic mass is 16.3. The summed E-state index contributed by atoms with van der Waals surface area (Å²) in [5.41, 5.74) is 7.39. The molecule has 0 aliphatic carbocycles. The lowest BCUT2D eigenvalue weighted by Crippen LogP contribution is -2.18. The Morgan fingerprint density at radius 1 is 0.561 bits per heavy atom. The van der Waals surface area contributed by atoms with Gasteiger partial charge in [0.2, 0.25) is 0 Å². The number of phenols is 2. The molecule has 0 fully saturated rings. The number of phenolic OH excluding ortho intramolecular Hbond substituents is 2. The second kappa shape index (κ2) is 10.4. The molecule has 0 unspecified atom stereocenters. The fourth-order valence-corrected chi connectivity index (χ4v) is 4.50. The van der Waals surface area contributed by atoms with Crippen molar-refractivity contribution in [3.05, 3.63) is 95.6 Å². The van der Waals surface area contributed by atoms with Crippen molar-refractivity contribution in [3.63, 3.8) is 0 Å². The van der Waals surface area contributed by atoms with Crippen molar-refractivity contribution in [2.75, 3.05) is 0 Å². The molecule has 0 atom stereocenters. The molecule has 2 N–H and O–H groups in total. The van der Waals surface area contributed by atoms with Gasteiger partial charge in [-0.2, -0.15) is 0 Å². The SMILES string of the molecule is CC(C)(C)c1cc(-n2nc3ccccc3n2)c(O)c(C(C)(C)C)c1.Cc1ccc(O)c(-n2nc3ccccc3n2)c1. The predicted molar refractivity (Wildman–Crippen MR) is 163 cm³/mol. The van der Waals surface area contributed by atoms with E-state index in [4.69, 9.17) is 0 Å². The molecule has 2 aromatic heterocycles. The first-order valence-electron chi connectivity index (χ1n) is 13.6. The first kappa shape index (κ1) is 27.8. The van der Waals surface area contributed by atoms with Crippen LogP contribution in [-0.2, 0) is 10.8 Å². The van der Waals surface area contributed by atoms with Crippen LogP contribution in [0.1, 0.15) is 58.2 Å². The highest BCUT2D eigenvalue weighted by Crippen LogP contribution is 2.39. The number of fused-ring (bicyclic) bond motifs is 2. The summed E-state index contributed by atoms with van der Waals surface area (Å²) in [6.45, 7) is 14.8. The molecule has 0 saturated carbocycles. The maximum absolute atomic E-state index is 10.9. The van der Waals surface area contributed by atoms with Gasteiger partial charge in [0.25, 0.3) is 0 Å². The zero-order chi connectivity index (χ0) is 29.5. The first-order valence-corrected chi connectivity index (χ1v) is 13.6. The Hall–Kier alpha value is -4.72. The van der Waals surface area contributed by atoms with Crippen molar-refractivity contribution in [1.29, 1.82) is 0 Å². The van der Waals surface area contributed by atoms with E-state index in [1.54, 1.807) is 10.9 Å². The fraction of sp³-hybridized carbons (Fsp3) is 0.273. The number of hydrogen-bond donors (Lipinski definition) is 2. The van der Waals surface area contributed by atoms with Crippen molar-refractivity contribution in [2.24, 2.45) is 0 Å². The summed E-state index contributed by atoms with van der Waals surface area (Å²) in [5, 5.41) is 38.4. The van der Waals surface area contributed by atoms with Gasteiger partial charge in [0.1, 0.15) is 44.9 Å². The second-order valence-electron chi connectivity index (χ2n) is 12.3. The summed E-state index contributed by atoms with van der Waals surface area (Å²) >= 11 is 0. The Kier molecular flexibility index (Phi) is 7.03. The molecule has 0 saturated heterocycles.